The quantitative estimate of drug-likeness (QED) is 0.622. The average molecular weight is 210 g/mol. The molecule has 0 spiro atoms. The number of nitrogens with two attached hydrogens (primary N) is 1. The van der Waals surface area contributed by atoms with E-state index in [0.29, 0.717) is 22.5 Å². The molecule has 80 valence electrons. The molecule has 0 fully saturated rings. The van der Waals surface area contributed by atoms with E-state index >= 15 is 0 Å². The van der Waals surface area contributed by atoms with Crippen LogP contribution in [0.15, 0.2) is 21.3 Å². The third-order valence-corrected chi connectivity index (χ3v) is 1.90. The Kier molecular flexibility index (Phi) is 2.34. The number of ether oxygens (including phenoxy) is 1. The summed E-state index contributed by atoms with van der Waals surface area (Å²) in [5, 5.41) is 8.59. The van der Waals surface area contributed by atoms with E-state index < -0.39 is 5.76 Å². The lowest BCUT2D eigenvalue weighted by Gasteiger charge is -2.06. The molecule has 2 rings (SSSR count). The van der Waals surface area contributed by atoms with Gasteiger partial charge in [-0.1, -0.05) is 0 Å². The van der Waals surface area contributed by atoms with Crippen LogP contribution in [0.25, 0.3) is 11.1 Å². The minimum absolute atomic E-state index is 0.0978. The first kappa shape index (κ1) is 9.60. The van der Waals surface area contributed by atoms with Gasteiger partial charge in [0.15, 0.2) is 5.58 Å². The SMILES string of the molecule is Nc1cc2oc(=O)[nH]c2cc1OCCO. The molecule has 1 heterocycles. The van der Waals surface area contributed by atoms with Crippen LogP contribution in [0, 0.1) is 0 Å². The van der Waals surface area contributed by atoms with Crippen molar-refractivity contribution < 1.29 is 14.3 Å². The lowest BCUT2D eigenvalue weighted by Crippen LogP contribution is -2.03. The highest BCUT2D eigenvalue weighted by molar-refractivity contribution is 5.80. The normalized spacial score (nSPS) is 10.7. The second-order valence-electron chi connectivity index (χ2n) is 2.97. The Hall–Kier alpha value is -1.95. The lowest BCUT2D eigenvalue weighted by atomic mass is 10.2. The molecule has 0 aliphatic carbocycles. The molecule has 6 heteroatoms. The minimum atomic E-state index is -0.538. The average Bonchev–Trinajstić information content (AvgIpc) is 2.53. The molecule has 0 aliphatic rings. The lowest BCUT2D eigenvalue weighted by molar-refractivity contribution is 0.202. The molecule has 0 saturated carbocycles. The molecule has 0 amide bonds. The van der Waals surface area contributed by atoms with Crippen LogP contribution in [0.4, 0.5) is 5.69 Å². The number of aromatic amines is 1. The number of aromatic nitrogens is 1. The molecule has 6 nitrogen and oxygen atoms in total. The van der Waals surface area contributed by atoms with E-state index in [-0.39, 0.29) is 13.2 Å². The minimum Gasteiger partial charge on any atom is -0.489 e. The first-order valence-corrected chi connectivity index (χ1v) is 4.36. The number of aliphatic hydroxyl groups excluding tert-OH is 1. The predicted octanol–water partition coefficient (Wildman–Crippen LogP) is 0.0744. The second kappa shape index (κ2) is 3.66. The van der Waals surface area contributed by atoms with Crippen LogP contribution in [-0.4, -0.2) is 23.3 Å². The standard InChI is InChI=1S/C9H10N2O4/c10-5-3-8-6(11-9(13)15-8)4-7(5)14-2-1-12/h3-4,12H,1-2,10H2,(H,11,13). The zero-order valence-electron chi connectivity index (χ0n) is 7.82. The van der Waals surface area contributed by atoms with E-state index in [2.05, 4.69) is 4.98 Å². The number of benzene rings is 1. The fourth-order valence-corrected chi connectivity index (χ4v) is 1.27. The van der Waals surface area contributed by atoms with Crippen molar-refractivity contribution in [2.45, 2.75) is 0 Å². The molecule has 0 atom stereocenters. The van der Waals surface area contributed by atoms with Crippen LogP contribution in [-0.2, 0) is 0 Å². The summed E-state index contributed by atoms with van der Waals surface area (Å²) in [6.07, 6.45) is 0. The predicted molar refractivity (Wildman–Crippen MR) is 53.8 cm³/mol. The molecular weight excluding hydrogens is 200 g/mol. The highest BCUT2D eigenvalue weighted by Gasteiger charge is 2.07. The first-order valence-electron chi connectivity index (χ1n) is 4.36. The van der Waals surface area contributed by atoms with Gasteiger partial charge in [0.2, 0.25) is 0 Å². The second-order valence-corrected chi connectivity index (χ2v) is 2.97. The highest BCUT2D eigenvalue weighted by atomic mass is 16.5. The fourth-order valence-electron chi connectivity index (χ4n) is 1.27. The van der Waals surface area contributed by atoms with Crippen LogP contribution in [0.2, 0.25) is 0 Å². The van der Waals surface area contributed by atoms with E-state index in [0.717, 1.165) is 0 Å². The van der Waals surface area contributed by atoms with Crippen molar-refractivity contribution in [1.29, 1.82) is 0 Å². The van der Waals surface area contributed by atoms with Gasteiger partial charge in [0.05, 0.1) is 17.8 Å². The number of anilines is 1. The Morgan fingerprint density at radius 2 is 2.33 bits per heavy atom. The molecule has 0 saturated heterocycles. The van der Waals surface area contributed by atoms with Crippen molar-refractivity contribution in [2.24, 2.45) is 0 Å². The van der Waals surface area contributed by atoms with E-state index in [4.69, 9.17) is 20.0 Å². The topological polar surface area (TPSA) is 101 Å². The summed E-state index contributed by atoms with van der Waals surface area (Å²) in [6, 6.07) is 3.06. The Bertz CT molecular complexity index is 528. The molecule has 0 bridgehead atoms. The summed E-state index contributed by atoms with van der Waals surface area (Å²) in [6.45, 7) is 0.0528. The molecule has 1 aromatic carbocycles. The molecule has 2 aromatic rings. The Balaban J connectivity index is 2.46. The fraction of sp³-hybridized carbons (Fsp3) is 0.222. The van der Waals surface area contributed by atoms with Crippen molar-refractivity contribution in [2.75, 3.05) is 18.9 Å². The zero-order valence-corrected chi connectivity index (χ0v) is 7.82. The van der Waals surface area contributed by atoms with Crippen molar-refractivity contribution in [3.63, 3.8) is 0 Å². The van der Waals surface area contributed by atoms with Gasteiger partial charge in [0.25, 0.3) is 0 Å². The molecule has 0 radical (unpaired) electrons. The van der Waals surface area contributed by atoms with E-state index in [9.17, 15) is 4.79 Å². The highest BCUT2D eigenvalue weighted by Crippen LogP contribution is 2.26. The van der Waals surface area contributed by atoms with Crippen LogP contribution >= 0.6 is 0 Å². The number of hydrogen-bond acceptors (Lipinski definition) is 5. The third kappa shape index (κ3) is 1.79. The van der Waals surface area contributed by atoms with Crippen molar-refractivity contribution >= 4 is 16.8 Å². The van der Waals surface area contributed by atoms with Gasteiger partial charge < -0.3 is 20.0 Å². The summed E-state index contributed by atoms with van der Waals surface area (Å²) in [5.74, 6) is -0.127. The molecule has 0 aliphatic heterocycles. The van der Waals surface area contributed by atoms with Gasteiger partial charge in [0.1, 0.15) is 12.4 Å². The largest absolute Gasteiger partial charge is 0.489 e. The van der Waals surface area contributed by atoms with Gasteiger partial charge >= 0.3 is 5.76 Å². The summed E-state index contributed by atoms with van der Waals surface area (Å²) in [7, 11) is 0. The van der Waals surface area contributed by atoms with Gasteiger partial charge in [-0.25, -0.2) is 4.79 Å². The van der Waals surface area contributed by atoms with E-state index in [1.54, 1.807) is 6.07 Å². The molecular formula is C9H10N2O4. The number of rotatable bonds is 3. The van der Waals surface area contributed by atoms with Crippen molar-refractivity contribution in [3.8, 4) is 5.75 Å². The maximum Gasteiger partial charge on any atom is 0.417 e. The van der Waals surface area contributed by atoms with Crippen LogP contribution in [0.3, 0.4) is 0 Å². The molecule has 4 N–H and O–H groups in total. The Morgan fingerprint density at radius 3 is 3.07 bits per heavy atom. The van der Waals surface area contributed by atoms with Crippen molar-refractivity contribution in [1.82, 2.24) is 4.98 Å². The zero-order chi connectivity index (χ0) is 10.8. The van der Waals surface area contributed by atoms with Crippen LogP contribution < -0.4 is 16.2 Å². The molecule has 0 unspecified atom stereocenters. The number of nitrogen functional groups attached to an aromatic ring is 1. The monoisotopic (exact) mass is 210 g/mol. The van der Waals surface area contributed by atoms with Gasteiger partial charge in [-0.15, -0.1) is 0 Å². The Labute approximate surface area is 84.3 Å². The number of nitrogens with one attached hydrogen (secondary N) is 1. The summed E-state index contributed by atoms with van der Waals surface area (Å²) in [4.78, 5) is 13.4. The summed E-state index contributed by atoms with van der Waals surface area (Å²) in [5.41, 5.74) is 6.91. The Morgan fingerprint density at radius 1 is 1.53 bits per heavy atom. The first-order chi connectivity index (χ1) is 7.20. The number of aliphatic hydroxyl groups is 1. The molecule has 15 heavy (non-hydrogen) atoms. The van der Waals surface area contributed by atoms with Gasteiger partial charge in [-0.3, -0.25) is 4.98 Å². The molecule has 1 aromatic heterocycles. The summed E-state index contributed by atoms with van der Waals surface area (Å²) >= 11 is 0. The van der Waals surface area contributed by atoms with E-state index in [1.807, 2.05) is 0 Å². The third-order valence-electron chi connectivity index (χ3n) is 1.90. The van der Waals surface area contributed by atoms with Gasteiger partial charge in [-0.2, -0.15) is 0 Å². The van der Waals surface area contributed by atoms with Crippen LogP contribution in [0.5, 0.6) is 5.75 Å². The van der Waals surface area contributed by atoms with Crippen LogP contribution in [0.1, 0.15) is 0 Å². The number of fused-ring (bicyclic) bond motifs is 1. The summed E-state index contributed by atoms with van der Waals surface area (Å²) < 4.78 is 9.98. The number of H-pyrrole nitrogens is 1. The number of oxazole rings is 1. The van der Waals surface area contributed by atoms with Gasteiger partial charge in [-0.05, 0) is 0 Å². The van der Waals surface area contributed by atoms with E-state index in [1.165, 1.54) is 6.07 Å². The van der Waals surface area contributed by atoms with Crippen molar-refractivity contribution in [3.05, 3.63) is 22.7 Å². The van der Waals surface area contributed by atoms with Gasteiger partial charge in [0, 0.05) is 12.1 Å². The maximum atomic E-state index is 10.9. The smallest absolute Gasteiger partial charge is 0.417 e. The maximum absolute atomic E-state index is 10.9. The number of hydrogen-bond donors (Lipinski definition) is 3.